The molecule has 0 N–H and O–H groups in total. The molecule has 0 bridgehead atoms. The fourth-order valence-electron chi connectivity index (χ4n) is 2.71. The van der Waals surface area contributed by atoms with Crippen LogP contribution in [0.1, 0.15) is 16.8 Å². The number of hydrogen-bond donors (Lipinski definition) is 0. The van der Waals surface area contributed by atoms with E-state index in [1.807, 2.05) is 19.1 Å². The second-order valence-corrected chi connectivity index (χ2v) is 5.98. The molecule has 1 aromatic heterocycles. The van der Waals surface area contributed by atoms with Crippen LogP contribution in [0, 0.1) is 6.92 Å². The Hall–Kier alpha value is -2.72. The van der Waals surface area contributed by atoms with Crippen molar-refractivity contribution >= 4 is 0 Å². The third-order valence-corrected chi connectivity index (χ3v) is 3.98. The van der Waals surface area contributed by atoms with Gasteiger partial charge in [-0.05, 0) is 18.1 Å². The highest BCUT2D eigenvalue weighted by Gasteiger charge is 2.09. The van der Waals surface area contributed by atoms with Gasteiger partial charge in [0.25, 0.3) is 0 Å². The molecule has 0 radical (unpaired) electrons. The summed E-state index contributed by atoms with van der Waals surface area (Å²) in [5.74, 6) is 0.613. The van der Waals surface area contributed by atoms with Gasteiger partial charge in [0.15, 0.2) is 0 Å². The van der Waals surface area contributed by atoms with Crippen molar-refractivity contribution in [2.45, 2.75) is 20.0 Å². The first kappa shape index (κ1) is 17.1. The molecule has 25 heavy (non-hydrogen) atoms. The number of aryl methyl sites for hydroxylation is 1. The van der Waals surface area contributed by atoms with Crippen LogP contribution in [-0.2, 0) is 13.1 Å². The molecule has 2 aromatic carbocycles. The number of ether oxygens (including phenoxy) is 1. The Morgan fingerprint density at radius 3 is 1.92 bits per heavy atom. The Balaban J connectivity index is 1.62. The van der Waals surface area contributed by atoms with Crippen molar-refractivity contribution in [2.75, 3.05) is 13.2 Å². The Labute approximate surface area is 149 Å². The molecule has 0 spiro atoms. The van der Waals surface area contributed by atoms with E-state index in [1.165, 1.54) is 11.1 Å². The largest absolute Gasteiger partial charge is 0.475 e. The topological polar surface area (TPSA) is 38.3 Å². The van der Waals surface area contributed by atoms with Crippen LogP contribution >= 0.6 is 0 Å². The lowest BCUT2D eigenvalue weighted by molar-refractivity contribution is 0.191. The van der Waals surface area contributed by atoms with Gasteiger partial charge in [0.1, 0.15) is 6.61 Å². The molecule has 4 heteroatoms. The van der Waals surface area contributed by atoms with Crippen molar-refractivity contribution in [1.29, 1.82) is 0 Å². The van der Waals surface area contributed by atoms with E-state index >= 15 is 0 Å². The summed E-state index contributed by atoms with van der Waals surface area (Å²) in [5, 5.41) is 0. The molecule has 4 nitrogen and oxygen atoms in total. The molecule has 128 valence electrons. The van der Waals surface area contributed by atoms with Gasteiger partial charge in [-0.1, -0.05) is 60.7 Å². The molecule has 1 heterocycles. The minimum Gasteiger partial charge on any atom is -0.475 e. The van der Waals surface area contributed by atoms with Gasteiger partial charge in [0.2, 0.25) is 5.88 Å². The molecule has 0 atom stereocenters. The van der Waals surface area contributed by atoms with Gasteiger partial charge in [-0.25, -0.2) is 4.98 Å². The maximum Gasteiger partial charge on any atom is 0.235 e. The smallest absolute Gasteiger partial charge is 0.235 e. The minimum absolute atomic E-state index is 0.583. The summed E-state index contributed by atoms with van der Waals surface area (Å²) in [6.07, 6.45) is 3.34. The van der Waals surface area contributed by atoms with Crippen LogP contribution in [0.3, 0.4) is 0 Å². The second kappa shape index (κ2) is 8.94. The van der Waals surface area contributed by atoms with Crippen molar-refractivity contribution in [2.24, 2.45) is 0 Å². The minimum atomic E-state index is 0.583. The summed E-state index contributed by atoms with van der Waals surface area (Å²) < 4.78 is 5.83. The molecule has 0 aliphatic rings. The average molecular weight is 333 g/mol. The van der Waals surface area contributed by atoms with Crippen molar-refractivity contribution in [3.8, 4) is 5.88 Å². The van der Waals surface area contributed by atoms with E-state index in [9.17, 15) is 0 Å². The molecule has 3 rings (SSSR count). The first-order chi connectivity index (χ1) is 12.3. The van der Waals surface area contributed by atoms with Gasteiger partial charge >= 0.3 is 0 Å². The van der Waals surface area contributed by atoms with E-state index in [0.29, 0.717) is 12.5 Å². The molecule has 0 saturated heterocycles. The Bertz CT molecular complexity index is 721. The predicted molar refractivity (Wildman–Crippen MR) is 99.3 cm³/mol. The number of aromatic nitrogens is 2. The molecule has 0 amide bonds. The van der Waals surface area contributed by atoms with Crippen LogP contribution in [0.15, 0.2) is 73.1 Å². The summed E-state index contributed by atoms with van der Waals surface area (Å²) in [5.41, 5.74) is 3.42. The zero-order chi connectivity index (χ0) is 17.3. The summed E-state index contributed by atoms with van der Waals surface area (Å²) in [6.45, 7) is 5.09. The van der Waals surface area contributed by atoms with E-state index < -0.39 is 0 Å². The van der Waals surface area contributed by atoms with E-state index in [1.54, 1.807) is 12.4 Å². The van der Waals surface area contributed by atoms with Gasteiger partial charge in [-0.15, -0.1) is 0 Å². The maximum atomic E-state index is 5.83. The van der Waals surface area contributed by atoms with Gasteiger partial charge in [-0.3, -0.25) is 9.88 Å². The van der Waals surface area contributed by atoms with Crippen LogP contribution < -0.4 is 4.74 Å². The molecule has 0 fully saturated rings. The molecule has 0 unspecified atom stereocenters. The SMILES string of the molecule is Cc1nccnc1OCCN(Cc1ccccc1)Cc1ccccc1. The van der Waals surface area contributed by atoms with Crippen LogP contribution in [0.2, 0.25) is 0 Å². The Morgan fingerprint density at radius 2 is 1.36 bits per heavy atom. The van der Waals surface area contributed by atoms with Gasteiger partial charge in [-0.2, -0.15) is 0 Å². The lowest BCUT2D eigenvalue weighted by atomic mass is 10.1. The van der Waals surface area contributed by atoms with Crippen LogP contribution in [0.5, 0.6) is 5.88 Å². The zero-order valence-corrected chi connectivity index (χ0v) is 14.5. The average Bonchev–Trinajstić information content (AvgIpc) is 2.65. The molecular weight excluding hydrogens is 310 g/mol. The lowest BCUT2D eigenvalue weighted by Crippen LogP contribution is -2.28. The van der Waals surface area contributed by atoms with Crippen LogP contribution in [0.25, 0.3) is 0 Å². The van der Waals surface area contributed by atoms with Crippen molar-refractivity contribution < 1.29 is 4.74 Å². The quantitative estimate of drug-likeness (QED) is 0.627. The van der Waals surface area contributed by atoms with Crippen molar-refractivity contribution in [3.05, 3.63) is 89.9 Å². The third-order valence-electron chi connectivity index (χ3n) is 3.98. The predicted octanol–water partition coefficient (Wildman–Crippen LogP) is 3.87. The van der Waals surface area contributed by atoms with Gasteiger partial charge in [0, 0.05) is 32.0 Å². The number of hydrogen-bond acceptors (Lipinski definition) is 4. The molecule has 0 aliphatic heterocycles. The highest BCUT2D eigenvalue weighted by Crippen LogP contribution is 2.12. The zero-order valence-electron chi connectivity index (χ0n) is 14.5. The monoisotopic (exact) mass is 333 g/mol. The number of benzene rings is 2. The fourth-order valence-corrected chi connectivity index (χ4v) is 2.71. The molecule has 3 aromatic rings. The van der Waals surface area contributed by atoms with Crippen molar-refractivity contribution in [3.63, 3.8) is 0 Å². The molecular formula is C21H23N3O. The van der Waals surface area contributed by atoms with Crippen LogP contribution in [0.4, 0.5) is 0 Å². The number of rotatable bonds is 8. The van der Waals surface area contributed by atoms with Crippen LogP contribution in [-0.4, -0.2) is 28.0 Å². The molecule has 0 saturated carbocycles. The number of nitrogens with zero attached hydrogens (tertiary/aromatic N) is 3. The van der Waals surface area contributed by atoms with E-state index in [2.05, 4.69) is 63.4 Å². The second-order valence-electron chi connectivity index (χ2n) is 5.98. The third kappa shape index (κ3) is 5.40. The maximum absolute atomic E-state index is 5.83. The van der Waals surface area contributed by atoms with Crippen molar-refractivity contribution in [1.82, 2.24) is 14.9 Å². The lowest BCUT2D eigenvalue weighted by Gasteiger charge is -2.22. The van der Waals surface area contributed by atoms with E-state index in [4.69, 9.17) is 4.74 Å². The first-order valence-electron chi connectivity index (χ1n) is 8.52. The van der Waals surface area contributed by atoms with Gasteiger partial charge < -0.3 is 4.74 Å². The summed E-state index contributed by atoms with van der Waals surface area (Å²) in [4.78, 5) is 10.8. The summed E-state index contributed by atoms with van der Waals surface area (Å²) >= 11 is 0. The standard InChI is InChI=1S/C21H23N3O/c1-18-21(23-13-12-22-18)25-15-14-24(16-19-8-4-2-5-9-19)17-20-10-6-3-7-11-20/h2-13H,14-17H2,1H3. The first-order valence-corrected chi connectivity index (χ1v) is 8.52. The normalized spacial score (nSPS) is 10.8. The highest BCUT2D eigenvalue weighted by atomic mass is 16.5. The highest BCUT2D eigenvalue weighted by molar-refractivity contribution is 5.17. The Kier molecular flexibility index (Phi) is 6.12. The summed E-state index contributed by atoms with van der Waals surface area (Å²) in [7, 11) is 0. The van der Waals surface area contributed by atoms with E-state index in [-0.39, 0.29) is 0 Å². The summed E-state index contributed by atoms with van der Waals surface area (Å²) in [6, 6.07) is 21.0. The van der Waals surface area contributed by atoms with E-state index in [0.717, 1.165) is 25.3 Å². The van der Waals surface area contributed by atoms with Gasteiger partial charge in [0.05, 0.1) is 5.69 Å². The molecule has 0 aliphatic carbocycles. The fraction of sp³-hybridized carbons (Fsp3) is 0.238. The Morgan fingerprint density at radius 1 is 0.800 bits per heavy atom.